The van der Waals surface area contributed by atoms with Crippen LogP contribution in [0, 0.1) is 0 Å². The van der Waals surface area contributed by atoms with Gasteiger partial charge >= 0.3 is 11.9 Å². The van der Waals surface area contributed by atoms with Gasteiger partial charge in [-0.05, 0) is 0 Å². The summed E-state index contributed by atoms with van der Waals surface area (Å²) in [6.07, 6.45) is -14.5. The van der Waals surface area contributed by atoms with Crippen LogP contribution in [-0.4, -0.2) is 121 Å². The second kappa shape index (κ2) is 13.5. The molecule has 14 nitrogen and oxygen atoms in total. The maximum atomic E-state index is 11.8. The van der Waals surface area contributed by atoms with Crippen molar-refractivity contribution in [1.29, 1.82) is 0 Å². The molecule has 170 valence electrons. The van der Waals surface area contributed by atoms with E-state index in [0.29, 0.717) is 0 Å². The number of hydrogen-bond donors (Lipinski definition) is 9. The summed E-state index contributed by atoms with van der Waals surface area (Å²) < 4.78 is 9.21. The Hall–Kier alpha value is -1.75. The van der Waals surface area contributed by atoms with Crippen LogP contribution in [0.15, 0.2) is 0 Å². The second-order valence-corrected chi connectivity index (χ2v) is 6.13. The average Bonchev–Trinajstić information content (AvgIpc) is 2.68. The standard InChI is InChI=1S/C15H27NO13/c16-10(22)2-7(28-5-6(19)3-17)1-8(20)14(26)29-15(27)13(25)12(24)11(23)9(21)4-18/h6-9,11-13,17-21,23-25H,1-5H2,(H2,16,22)/t6?,7?,8?,9-,11-,12+,13-/m1/s1. The van der Waals surface area contributed by atoms with Gasteiger partial charge in [0.1, 0.15) is 24.4 Å². The molecule has 3 unspecified atom stereocenters. The first-order valence-electron chi connectivity index (χ1n) is 8.40. The van der Waals surface area contributed by atoms with E-state index in [9.17, 15) is 39.9 Å². The highest BCUT2D eigenvalue weighted by atomic mass is 16.6. The van der Waals surface area contributed by atoms with Crippen LogP contribution in [0.5, 0.6) is 0 Å². The van der Waals surface area contributed by atoms with Gasteiger partial charge in [-0.15, -0.1) is 0 Å². The van der Waals surface area contributed by atoms with Gasteiger partial charge in [0.05, 0.1) is 32.3 Å². The van der Waals surface area contributed by atoms with Crippen LogP contribution in [0.1, 0.15) is 12.8 Å². The number of aliphatic hydroxyl groups is 8. The SMILES string of the molecule is NC(=O)CC(CC(O)C(=O)OC(=O)[C@H](O)[C@@H](O)[C@H](O)[C@H](O)CO)OCC(O)CO. The maximum Gasteiger partial charge on any atom is 0.345 e. The zero-order valence-corrected chi connectivity index (χ0v) is 15.3. The number of primary amides is 1. The molecule has 1 amide bonds. The summed E-state index contributed by atoms with van der Waals surface area (Å²) in [4.78, 5) is 34.4. The minimum atomic E-state index is -2.50. The van der Waals surface area contributed by atoms with Crippen LogP contribution in [0.2, 0.25) is 0 Å². The summed E-state index contributed by atoms with van der Waals surface area (Å²) in [5.74, 6) is -4.24. The van der Waals surface area contributed by atoms with Crippen molar-refractivity contribution in [3.63, 3.8) is 0 Å². The van der Waals surface area contributed by atoms with E-state index in [4.69, 9.17) is 25.8 Å². The fraction of sp³-hybridized carbons (Fsp3) is 0.800. The van der Waals surface area contributed by atoms with E-state index in [1.54, 1.807) is 0 Å². The van der Waals surface area contributed by atoms with Crippen molar-refractivity contribution < 1.29 is 64.7 Å². The van der Waals surface area contributed by atoms with Gasteiger partial charge in [0, 0.05) is 6.42 Å². The van der Waals surface area contributed by atoms with Gasteiger partial charge in [0.2, 0.25) is 5.91 Å². The molecule has 0 rings (SSSR count). The van der Waals surface area contributed by atoms with Crippen molar-refractivity contribution in [1.82, 2.24) is 0 Å². The Morgan fingerprint density at radius 1 is 0.862 bits per heavy atom. The second-order valence-electron chi connectivity index (χ2n) is 6.13. The number of carbonyl (C=O) groups is 3. The topological polar surface area (TPSA) is 258 Å². The molecule has 0 spiro atoms. The third kappa shape index (κ3) is 10.0. The van der Waals surface area contributed by atoms with Gasteiger partial charge < -0.3 is 56.1 Å². The lowest BCUT2D eigenvalue weighted by atomic mass is 10.0. The van der Waals surface area contributed by atoms with Crippen LogP contribution in [0.25, 0.3) is 0 Å². The van der Waals surface area contributed by atoms with E-state index in [-0.39, 0.29) is 0 Å². The minimum Gasteiger partial charge on any atom is -0.394 e. The molecule has 0 fully saturated rings. The van der Waals surface area contributed by atoms with E-state index in [2.05, 4.69) is 4.74 Å². The molecule has 0 aliphatic heterocycles. The lowest BCUT2D eigenvalue weighted by Gasteiger charge is -2.24. The van der Waals surface area contributed by atoms with Crippen molar-refractivity contribution in [2.24, 2.45) is 5.73 Å². The van der Waals surface area contributed by atoms with E-state index in [0.717, 1.165) is 0 Å². The molecule has 10 N–H and O–H groups in total. The summed E-state index contributed by atoms with van der Waals surface area (Å²) in [5, 5.41) is 74.0. The molecule has 0 saturated heterocycles. The van der Waals surface area contributed by atoms with E-state index in [1.165, 1.54) is 0 Å². The maximum absolute atomic E-state index is 11.8. The number of amides is 1. The Bertz CT molecular complexity index is 530. The molecule has 0 bridgehead atoms. The third-order valence-corrected chi connectivity index (χ3v) is 3.62. The molecule has 0 aliphatic carbocycles. The monoisotopic (exact) mass is 429 g/mol. The minimum absolute atomic E-state index is 0.453. The molecule has 0 aliphatic rings. The number of esters is 2. The molecule has 0 aromatic carbocycles. The lowest BCUT2D eigenvalue weighted by Crippen LogP contribution is -2.49. The van der Waals surface area contributed by atoms with Crippen molar-refractivity contribution in [3.05, 3.63) is 0 Å². The zero-order valence-electron chi connectivity index (χ0n) is 15.3. The van der Waals surface area contributed by atoms with E-state index in [1.807, 2.05) is 0 Å². The van der Waals surface area contributed by atoms with Gasteiger partial charge in [-0.2, -0.15) is 0 Å². The van der Waals surface area contributed by atoms with Gasteiger partial charge in [-0.3, -0.25) is 4.79 Å². The summed E-state index contributed by atoms with van der Waals surface area (Å²) >= 11 is 0. The Morgan fingerprint density at radius 2 is 1.45 bits per heavy atom. The quantitative estimate of drug-likeness (QED) is 0.0920. The molecular weight excluding hydrogens is 402 g/mol. The van der Waals surface area contributed by atoms with E-state index < -0.39 is 93.2 Å². The predicted octanol–water partition coefficient (Wildman–Crippen LogP) is -6.14. The fourth-order valence-corrected chi connectivity index (χ4v) is 1.97. The molecule has 0 radical (unpaired) electrons. The summed E-state index contributed by atoms with van der Waals surface area (Å²) in [6, 6.07) is 0. The number of aliphatic hydroxyl groups excluding tert-OH is 8. The molecule has 0 aromatic heterocycles. The molecule has 29 heavy (non-hydrogen) atoms. The molecule has 0 saturated carbocycles. The largest absolute Gasteiger partial charge is 0.394 e. The molecular formula is C15H27NO13. The number of rotatable bonds is 14. The highest BCUT2D eigenvalue weighted by Crippen LogP contribution is 2.12. The van der Waals surface area contributed by atoms with Crippen molar-refractivity contribution in [2.75, 3.05) is 19.8 Å². The predicted molar refractivity (Wildman–Crippen MR) is 89.5 cm³/mol. The Labute approximate surface area is 164 Å². The average molecular weight is 429 g/mol. The number of hydrogen-bond acceptors (Lipinski definition) is 13. The van der Waals surface area contributed by atoms with Crippen LogP contribution in [-0.2, 0) is 23.9 Å². The van der Waals surface area contributed by atoms with Crippen molar-refractivity contribution in [3.8, 4) is 0 Å². The number of carbonyl (C=O) groups excluding carboxylic acids is 3. The molecule has 0 heterocycles. The Balaban J connectivity index is 4.81. The van der Waals surface area contributed by atoms with Crippen molar-refractivity contribution in [2.45, 2.75) is 55.6 Å². The summed E-state index contributed by atoms with van der Waals surface area (Å²) in [7, 11) is 0. The number of nitrogens with two attached hydrogens (primary N) is 1. The fourth-order valence-electron chi connectivity index (χ4n) is 1.97. The molecule has 7 atom stereocenters. The van der Waals surface area contributed by atoms with Crippen LogP contribution >= 0.6 is 0 Å². The normalized spacial score (nSPS) is 18.8. The molecule has 0 aromatic rings. The van der Waals surface area contributed by atoms with E-state index >= 15 is 0 Å². The highest BCUT2D eigenvalue weighted by molar-refractivity contribution is 5.90. The number of ether oxygens (including phenoxy) is 2. The van der Waals surface area contributed by atoms with Crippen LogP contribution in [0.3, 0.4) is 0 Å². The van der Waals surface area contributed by atoms with Gasteiger partial charge in [0.15, 0.2) is 12.2 Å². The van der Waals surface area contributed by atoms with Gasteiger partial charge in [-0.1, -0.05) is 0 Å². The zero-order chi connectivity index (χ0) is 22.7. The molecule has 14 heteroatoms. The van der Waals surface area contributed by atoms with Crippen molar-refractivity contribution >= 4 is 17.8 Å². The Morgan fingerprint density at radius 3 is 1.93 bits per heavy atom. The van der Waals surface area contributed by atoms with Crippen LogP contribution < -0.4 is 5.73 Å². The highest BCUT2D eigenvalue weighted by Gasteiger charge is 2.37. The summed E-state index contributed by atoms with van der Waals surface area (Å²) in [6.45, 7) is -2.10. The smallest absolute Gasteiger partial charge is 0.345 e. The van der Waals surface area contributed by atoms with Gasteiger partial charge in [-0.25, -0.2) is 9.59 Å². The third-order valence-electron chi connectivity index (χ3n) is 3.62. The Kier molecular flexibility index (Phi) is 12.7. The van der Waals surface area contributed by atoms with Gasteiger partial charge in [0.25, 0.3) is 0 Å². The van der Waals surface area contributed by atoms with Crippen LogP contribution in [0.4, 0.5) is 0 Å². The first kappa shape index (κ1) is 27.2. The first-order chi connectivity index (χ1) is 13.4. The lowest BCUT2D eigenvalue weighted by molar-refractivity contribution is -0.181. The first-order valence-corrected chi connectivity index (χ1v) is 8.40. The summed E-state index contributed by atoms with van der Waals surface area (Å²) in [5.41, 5.74) is 5.00.